The fraction of sp³-hybridized carbons (Fsp3) is 0.238. The lowest BCUT2D eigenvalue weighted by molar-refractivity contribution is -0.119. The predicted octanol–water partition coefficient (Wildman–Crippen LogP) is 3.96. The number of amides is 1. The van der Waals surface area contributed by atoms with Crippen LogP contribution in [0, 0.1) is 11.7 Å². The molecule has 2 aromatic rings. The van der Waals surface area contributed by atoms with Gasteiger partial charge in [-0.25, -0.2) is 4.39 Å². The molecule has 1 aliphatic heterocycles. The molecule has 27 heavy (non-hydrogen) atoms. The number of benzene rings is 2. The van der Waals surface area contributed by atoms with Gasteiger partial charge in [0, 0.05) is 11.6 Å². The van der Waals surface area contributed by atoms with Crippen LogP contribution >= 0.6 is 0 Å². The topological polar surface area (TPSA) is 66.8 Å². The minimum atomic E-state index is -0.871. The Morgan fingerprint density at radius 1 is 1.19 bits per heavy atom. The molecule has 1 heterocycles. The molecule has 0 spiro atoms. The van der Waals surface area contributed by atoms with Crippen LogP contribution in [0.25, 0.3) is 0 Å². The van der Waals surface area contributed by atoms with Crippen LogP contribution < -0.4 is 9.64 Å². The van der Waals surface area contributed by atoms with Crippen molar-refractivity contribution in [1.82, 2.24) is 0 Å². The van der Waals surface area contributed by atoms with Crippen molar-refractivity contribution in [3.63, 3.8) is 0 Å². The van der Waals surface area contributed by atoms with Crippen LogP contribution in [0.15, 0.2) is 59.9 Å². The molecule has 6 heteroatoms. The highest BCUT2D eigenvalue weighted by molar-refractivity contribution is 6.16. The van der Waals surface area contributed by atoms with E-state index in [2.05, 4.69) is 0 Å². The second kappa shape index (κ2) is 7.23. The molecule has 1 atom stereocenters. The Kier molecular flexibility index (Phi) is 4.99. The maximum absolute atomic E-state index is 13.8. The number of aliphatic hydroxyl groups is 1. The van der Waals surface area contributed by atoms with Crippen molar-refractivity contribution in [3.05, 3.63) is 71.2 Å². The third kappa shape index (κ3) is 3.30. The maximum Gasteiger partial charge on any atom is 0.294 e. The molecule has 1 unspecified atom stereocenters. The number of methoxy groups -OCH3 is 1. The molecule has 1 amide bonds. The van der Waals surface area contributed by atoms with Gasteiger partial charge in [-0.2, -0.15) is 0 Å². The van der Waals surface area contributed by atoms with Gasteiger partial charge in [0.1, 0.15) is 11.6 Å². The zero-order chi connectivity index (χ0) is 19.7. The molecule has 0 aromatic heterocycles. The summed E-state index contributed by atoms with van der Waals surface area (Å²) in [6.07, 6.45) is 0. The number of aliphatic hydroxyl groups excluding tert-OH is 1. The van der Waals surface area contributed by atoms with Gasteiger partial charge in [0.15, 0.2) is 11.5 Å². The zero-order valence-electron chi connectivity index (χ0n) is 15.3. The highest BCUT2D eigenvalue weighted by Gasteiger charge is 2.44. The molecule has 3 rings (SSSR count). The first kappa shape index (κ1) is 18.6. The van der Waals surface area contributed by atoms with Gasteiger partial charge in [-0.15, -0.1) is 0 Å². The largest absolute Gasteiger partial charge is 0.503 e. The second-order valence-electron chi connectivity index (χ2n) is 6.62. The van der Waals surface area contributed by atoms with Crippen molar-refractivity contribution in [1.29, 1.82) is 0 Å². The summed E-state index contributed by atoms with van der Waals surface area (Å²) in [5.74, 6) is -2.08. The molecule has 5 nitrogen and oxygen atoms in total. The molecule has 0 radical (unpaired) electrons. The van der Waals surface area contributed by atoms with E-state index >= 15 is 0 Å². The fourth-order valence-corrected chi connectivity index (χ4v) is 3.19. The van der Waals surface area contributed by atoms with Crippen molar-refractivity contribution >= 4 is 17.4 Å². The minimum absolute atomic E-state index is 0.00696. The number of ketones is 1. The Labute approximate surface area is 156 Å². The number of rotatable bonds is 5. The normalized spacial score (nSPS) is 17.0. The number of ether oxygens (including phenoxy) is 1. The van der Waals surface area contributed by atoms with Crippen molar-refractivity contribution in [2.45, 2.75) is 19.9 Å². The third-order valence-corrected chi connectivity index (χ3v) is 4.49. The van der Waals surface area contributed by atoms with Gasteiger partial charge < -0.3 is 9.84 Å². The molecule has 2 aromatic carbocycles. The summed E-state index contributed by atoms with van der Waals surface area (Å²) in [5, 5.41) is 10.5. The lowest BCUT2D eigenvalue weighted by atomic mass is 9.91. The van der Waals surface area contributed by atoms with E-state index < -0.39 is 29.4 Å². The van der Waals surface area contributed by atoms with Gasteiger partial charge in [0.05, 0.1) is 18.7 Å². The first-order chi connectivity index (χ1) is 12.8. The zero-order valence-corrected chi connectivity index (χ0v) is 15.3. The number of halogens is 1. The molecular formula is C21H20FNO4. The SMILES string of the molecule is COc1cccc(C2C(C(=O)C(C)C)=C(O)C(=O)N2c2cccc(F)c2)c1. The number of anilines is 1. The summed E-state index contributed by atoms with van der Waals surface area (Å²) in [6.45, 7) is 3.39. The van der Waals surface area contributed by atoms with E-state index in [0.29, 0.717) is 11.3 Å². The highest BCUT2D eigenvalue weighted by Crippen LogP contribution is 2.42. The number of nitrogens with zero attached hydrogens (tertiary/aromatic N) is 1. The van der Waals surface area contributed by atoms with Crippen molar-refractivity contribution < 1.29 is 23.8 Å². The van der Waals surface area contributed by atoms with Crippen molar-refractivity contribution in [3.8, 4) is 5.75 Å². The number of carbonyl (C=O) groups excluding carboxylic acids is 2. The average molecular weight is 369 g/mol. The minimum Gasteiger partial charge on any atom is -0.503 e. The first-order valence-corrected chi connectivity index (χ1v) is 8.55. The highest BCUT2D eigenvalue weighted by atomic mass is 19.1. The predicted molar refractivity (Wildman–Crippen MR) is 99.1 cm³/mol. The summed E-state index contributed by atoms with van der Waals surface area (Å²) in [4.78, 5) is 26.8. The molecule has 0 fully saturated rings. The monoisotopic (exact) mass is 369 g/mol. The number of Topliss-reactive ketones (excluding diaryl/α,β-unsaturated/α-hetero) is 1. The molecule has 1 aliphatic rings. The summed E-state index contributed by atoms with van der Waals surface area (Å²) in [5.41, 5.74) is 0.846. The summed E-state index contributed by atoms with van der Waals surface area (Å²) in [7, 11) is 1.51. The number of hydrogen-bond acceptors (Lipinski definition) is 4. The van der Waals surface area contributed by atoms with E-state index in [1.54, 1.807) is 44.2 Å². The Morgan fingerprint density at radius 3 is 2.52 bits per heavy atom. The second-order valence-corrected chi connectivity index (χ2v) is 6.62. The smallest absolute Gasteiger partial charge is 0.294 e. The van der Waals surface area contributed by atoms with Gasteiger partial charge in [0.25, 0.3) is 5.91 Å². The van der Waals surface area contributed by atoms with Crippen LogP contribution in [-0.2, 0) is 9.59 Å². The standard InChI is InChI=1S/C21H20FNO4/c1-12(2)19(24)17-18(13-6-4-9-16(10-13)27-3)23(21(26)20(17)25)15-8-5-7-14(22)11-15/h4-12,18,25H,1-3H3. The fourth-order valence-electron chi connectivity index (χ4n) is 3.19. The lowest BCUT2D eigenvalue weighted by Crippen LogP contribution is -2.31. The van der Waals surface area contributed by atoms with Gasteiger partial charge >= 0.3 is 0 Å². The Bertz CT molecular complexity index is 935. The molecule has 0 aliphatic carbocycles. The summed E-state index contributed by atoms with van der Waals surface area (Å²) >= 11 is 0. The molecule has 1 N–H and O–H groups in total. The Hall–Kier alpha value is -3.15. The Balaban J connectivity index is 2.21. The van der Waals surface area contributed by atoms with E-state index in [9.17, 15) is 19.1 Å². The number of carbonyl (C=O) groups is 2. The average Bonchev–Trinajstić information content (AvgIpc) is 2.92. The van der Waals surface area contributed by atoms with Crippen LogP contribution in [-0.4, -0.2) is 23.9 Å². The summed E-state index contributed by atoms with van der Waals surface area (Å²) in [6, 6.07) is 11.5. The Morgan fingerprint density at radius 2 is 1.89 bits per heavy atom. The van der Waals surface area contributed by atoms with Gasteiger partial charge in [-0.1, -0.05) is 32.0 Å². The summed E-state index contributed by atoms with van der Waals surface area (Å²) < 4.78 is 19.0. The molecular weight excluding hydrogens is 349 g/mol. The van der Waals surface area contributed by atoms with Crippen LogP contribution in [0.4, 0.5) is 10.1 Å². The van der Waals surface area contributed by atoms with E-state index in [4.69, 9.17) is 4.74 Å². The van der Waals surface area contributed by atoms with Crippen LogP contribution in [0.5, 0.6) is 5.75 Å². The van der Waals surface area contributed by atoms with Crippen LogP contribution in [0.3, 0.4) is 0 Å². The molecule has 140 valence electrons. The lowest BCUT2D eigenvalue weighted by Gasteiger charge is -2.27. The number of hydrogen-bond donors (Lipinski definition) is 1. The molecule has 0 saturated carbocycles. The van der Waals surface area contributed by atoms with E-state index in [-0.39, 0.29) is 17.0 Å². The third-order valence-electron chi connectivity index (χ3n) is 4.49. The van der Waals surface area contributed by atoms with E-state index in [0.717, 1.165) is 0 Å². The van der Waals surface area contributed by atoms with Crippen LogP contribution in [0.2, 0.25) is 0 Å². The van der Waals surface area contributed by atoms with Gasteiger partial charge in [-0.3, -0.25) is 14.5 Å². The van der Waals surface area contributed by atoms with Gasteiger partial charge in [0.2, 0.25) is 0 Å². The van der Waals surface area contributed by atoms with Crippen molar-refractivity contribution in [2.75, 3.05) is 12.0 Å². The molecule has 0 saturated heterocycles. The maximum atomic E-state index is 13.8. The first-order valence-electron chi connectivity index (χ1n) is 8.55. The molecule has 0 bridgehead atoms. The van der Waals surface area contributed by atoms with E-state index in [1.165, 1.54) is 30.2 Å². The quantitative estimate of drug-likeness (QED) is 0.866. The van der Waals surface area contributed by atoms with Gasteiger partial charge in [-0.05, 0) is 35.9 Å². The van der Waals surface area contributed by atoms with Crippen molar-refractivity contribution in [2.24, 2.45) is 5.92 Å². The van der Waals surface area contributed by atoms with Crippen LogP contribution in [0.1, 0.15) is 25.5 Å². The van der Waals surface area contributed by atoms with E-state index in [1.807, 2.05) is 0 Å².